The molecule has 0 spiro atoms. The van der Waals surface area contributed by atoms with Crippen LogP contribution in [-0.4, -0.2) is 28.4 Å². The standard InChI is InChI=1S/C20H16N2O4/c1-23-17-7-11-5-13-14(6-12(11)8-18(17)24-2)20(26-4)16(10-22)15(9-21)19(13)25-3/h5-8H,1-4H3. The Labute approximate surface area is 150 Å². The van der Waals surface area contributed by atoms with Crippen molar-refractivity contribution in [3.63, 3.8) is 0 Å². The monoisotopic (exact) mass is 348 g/mol. The SMILES string of the molecule is COc1cc2cc3c(OC)c(C#N)c(C#N)c(OC)c3cc2cc1OC. The van der Waals surface area contributed by atoms with E-state index < -0.39 is 0 Å². The first-order valence-corrected chi connectivity index (χ1v) is 7.71. The Hall–Kier alpha value is -3.64. The van der Waals surface area contributed by atoms with Crippen molar-refractivity contribution in [2.45, 2.75) is 0 Å². The lowest BCUT2D eigenvalue weighted by Gasteiger charge is -2.16. The molecule has 0 atom stereocenters. The van der Waals surface area contributed by atoms with Gasteiger partial charge in [-0.2, -0.15) is 10.5 Å². The Morgan fingerprint density at radius 1 is 0.615 bits per heavy atom. The Balaban J connectivity index is 2.54. The van der Waals surface area contributed by atoms with E-state index in [2.05, 4.69) is 0 Å². The topological polar surface area (TPSA) is 84.5 Å². The summed E-state index contributed by atoms with van der Waals surface area (Å²) >= 11 is 0. The summed E-state index contributed by atoms with van der Waals surface area (Å²) in [5.41, 5.74) is 0.304. The zero-order valence-corrected chi connectivity index (χ0v) is 14.8. The fourth-order valence-electron chi connectivity index (χ4n) is 3.14. The van der Waals surface area contributed by atoms with Gasteiger partial charge in [0.25, 0.3) is 0 Å². The molecule has 0 aliphatic rings. The maximum atomic E-state index is 9.53. The molecule has 0 unspecified atom stereocenters. The molecule has 0 N–H and O–H groups in total. The summed E-state index contributed by atoms with van der Waals surface area (Å²) in [6, 6.07) is 11.6. The second-order valence-electron chi connectivity index (χ2n) is 5.49. The molecule has 3 aromatic rings. The Morgan fingerprint density at radius 2 is 1.00 bits per heavy atom. The van der Waals surface area contributed by atoms with Crippen LogP contribution in [0.3, 0.4) is 0 Å². The normalized spacial score (nSPS) is 10.2. The van der Waals surface area contributed by atoms with Crippen molar-refractivity contribution in [2.24, 2.45) is 0 Å². The van der Waals surface area contributed by atoms with Crippen LogP contribution in [0, 0.1) is 22.7 Å². The smallest absolute Gasteiger partial charge is 0.161 e. The van der Waals surface area contributed by atoms with Crippen LogP contribution in [0.5, 0.6) is 23.0 Å². The number of nitriles is 2. The minimum atomic E-state index is 0.152. The minimum absolute atomic E-state index is 0.152. The molecule has 0 radical (unpaired) electrons. The molecule has 0 fully saturated rings. The number of hydrogen-bond acceptors (Lipinski definition) is 6. The Kier molecular flexibility index (Phi) is 4.43. The second kappa shape index (κ2) is 6.70. The molecule has 0 aliphatic carbocycles. The van der Waals surface area contributed by atoms with Crippen LogP contribution < -0.4 is 18.9 Å². The predicted molar refractivity (Wildman–Crippen MR) is 97.1 cm³/mol. The van der Waals surface area contributed by atoms with E-state index in [1.807, 2.05) is 36.4 Å². The first-order chi connectivity index (χ1) is 12.6. The molecule has 0 heterocycles. The van der Waals surface area contributed by atoms with Gasteiger partial charge in [-0.15, -0.1) is 0 Å². The molecule has 0 bridgehead atoms. The first-order valence-electron chi connectivity index (χ1n) is 7.71. The fourth-order valence-corrected chi connectivity index (χ4v) is 3.14. The molecule has 0 saturated carbocycles. The molecule has 3 aromatic carbocycles. The van der Waals surface area contributed by atoms with Crippen molar-refractivity contribution in [1.82, 2.24) is 0 Å². The Bertz CT molecular complexity index is 1020. The molecule has 6 nitrogen and oxygen atoms in total. The van der Waals surface area contributed by atoms with E-state index in [9.17, 15) is 10.5 Å². The van der Waals surface area contributed by atoms with Crippen LogP contribution in [0.2, 0.25) is 0 Å². The molecular formula is C20H16N2O4. The summed E-state index contributed by atoms with van der Waals surface area (Å²) in [4.78, 5) is 0. The highest BCUT2D eigenvalue weighted by molar-refractivity contribution is 6.06. The van der Waals surface area contributed by atoms with Crippen LogP contribution >= 0.6 is 0 Å². The molecule has 0 saturated heterocycles. The summed E-state index contributed by atoms with van der Waals surface area (Å²) in [6.45, 7) is 0. The predicted octanol–water partition coefficient (Wildman–Crippen LogP) is 3.77. The number of fused-ring (bicyclic) bond motifs is 2. The number of ether oxygens (including phenoxy) is 4. The van der Waals surface area contributed by atoms with Crippen molar-refractivity contribution < 1.29 is 18.9 Å². The van der Waals surface area contributed by atoms with Gasteiger partial charge in [-0.3, -0.25) is 0 Å². The van der Waals surface area contributed by atoms with Gasteiger partial charge >= 0.3 is 0 Å². The zero-order chi connectivity index (χ0) is 18.8. The average molecular weight is 348 g/mol. The van der Waals surface area contributed by atoms with E-state index in [0.29, 0.717) is 33.8 Å². The molecule has 0 aromatic heterocycles. The third kappa shape index (κ3) is 2.40. The van der Waals surface area contributed by atoms with Gasteiger partial charge in [-0.25, -0.2) is 0 Å². The Morgan fingerprint density at radius 3 is 1.27 bits per heavy atom. The number of nitrogens with zero attached hydrogens (tertiary/aromatic N) is 2. The van der Waals surface area contributed by atoms with Gasteiger partial charge in [0, 0.05) is 10.8 Å². The fraction of sp³-hybridized carbons (Fsp3) is 0.200. The molecular weight excluding hydrogens is 332 g/mol. The van der Waals surface area contributed by atoms with E-state index in [-0.39, 0.29) is 11.1 Å². The third-order valence-corrected chi connectivity index (χ3v) is 4.30. The molecule has 130 valence electrons. The minimum Gasteiger partial charge on any atom is -0.495 e. The van der Waals surface area contributed by atoms with Crippen LogP contribution in [0.4, 0.5) is 0 Å². The number of hydrogen-bond donors (Lipinski definition) is 0. The number of rotatable bonds is 4. The van der Waals surface area contributed by atoms with Gasteiger partial charge in [0.15, 0.2) is 11.5 Å². The summed E-state index contributed by atoms with van der Waals surface area (Å²) in [5.74, 6) is 1.88. The van der Waals surface area contributed by atoms with Crippen LogP contribution in [0.15, 0.2) is 24.3 Å². The largest absolute Gasteiger partial charge is 0.495 e. The molecule has 6 heteroatoms. The third-order valence-electron chi connectivity index (χ3n) is 4.30. The maximum Gasteiger partial charge on any atom is 0.161 e. The summed E-state index contributed by atoms with van der Waals surface area (Å²) < 4.78 is 21.6. The van der Waals surface area contributed by atoms with E-state index in [4.69, 9.17) is 18.9 Å². The van der Waals surface area contributed by atoms with Gasteiger partial charge in [0.05, 0.1) is 28.4 Å². The van der Waals surface area contributed by atoms with Gasteiger partial charge in [0.1, 0.15) is 34.8 Å². The van der Waals surface area contributed by atoms with Gasteiger partial charge < -0.3 is 18.9 Å². The van der Waals surface area contributed by atoms with Gasteiger partial charge in [0.2, 0.25) is 0 Å². The van der Waals surface area contributed by atoms with Crippen molar-refractivity contribution in [2.75, 3.05) is 28.4 Å². The average Bonchev–Trinajstić information content (AvgIpc) is 2.69. The number of methoxy groups -OCH3 is 4. The van der Waals surface area contributed by atoms with E-state index in [1.165, 1.54) is 14.2 Å². The van der Waals surface area contributed by atoms with Gasteiger partial charge in [-0.1, -0.05) is 0 Å². The van der Waals surface area contributed by atoms with E-state index >= 15 is 0 Å². The molecule has 3 rings (SSSR count). The van der Waals surface area contributed by atoms with E-state index in [0.717, 1.165) is 10.8 Å². The molecule has 0 amide bonds. The van der Waals surface area contributed by atoms with Crippen molar-refractivity contribution in [3.8, 4) is 35.1 Å². The zero-order valence-electron chi connectivity index (χ0n) is 14.8. The van der Waals surface area contributed by atoms with Crippen molar-refractivity contribution in [3.05, 3.63) is 35.4 Å². The second-order valence-corrected chi connectivity index (χ2v) is 5.49. The van der Waals surface area contributed by atoms with E-state index in [1.54, 1.807) is 14.2 Å². The van der Waals surface area contributed by atoms with Gasteiger partial charge in [-0.05, 0) is 35.0 Å². The summed E-state index contributed by atoms with van der Waals surface area (Å²) in [6.07, 6.45) is 0. The maximum absolute atomic E-state index is 9.53. The molecule has 26 heavy (non-hydrogen) atoms. The highest BCUT2D eigenvalue weighted by atomic mass is 16.5. The number of benzene rings is 3. The van der Waals surface area contributed by atoms with Crippen LogP contribution in [0.25, 0.3) is 21.5 Å². The lowest BCUT2D eigenvalue weighted by atomic mass is 9.95. The van der Waals surface area contributed by atoms with Crippen LogP contribution in [0.1, 0.15) is 11.1 Å². The van der Waals surface area contributed by atoms with Crippen LogP contribution in [-0.2, 0) is 0 Å². The highest BCUT2D eigenvalue weighted by Gasteiger charge is 2.22. The quantitative estimate of drug-likeness (QED) is 0.667. The summed E-state index contributed by atoms with van der Waals surface area (Å²) in [5, 5.41) is 22.2. The summed E-state index contributed by atoms with van der Waals surface area (Å²) in [7, 11) is 6.09. The van der Waals surface area contributed by atoms with Crippen molar-refractivity contribution in [1.29, 1.82) is 10.5 Å². The molecule has 0 aliphatic heterocycles. The lowest BCUT2D eigenvalue weighted by Crippen LogP contribution is -1.99. The van der Waals surface area contributed by atoms with Crippen molar-refractivity contribution >= 4 is 21.5 Å². The first kappa shape index (κ1) is 17.2. The lowest BCUT2D eigenvalue weighted by molar-refractivity contribution is 0.356. The highest BCUT2D eigenvalue weighted by Crippen LogP contribution is 2.43.